The zero-order chi connectivity index (χ0) is 12.8. The Morgan fingerprint density at radius 1 is 1.44 bits per heavy atom. The lowest BCUT2D eigenvalue weighted by Gasteiger charge is -2.29. The summed E-state index contributed by atoms with van der Waals surface area (Å²) < 4.78 is 5.20. The molecule has 0 spiro atoms. The fourth-order valence-corrected chi connectivity index (χ4v) is 3.16. The summed E-state index contributed by atoms with van der Waals surface area (Å²) in [4.78, 5) is 2.54. The molecule has 3 nitrogen and oxygen atoms in total. The average Bonchev–Trinajstić information content (AvgIpc) is 2.80. The Morgan fingerprint density at radius 2 is 2.33 bits per heavy atom. The first-order valence-electron chi connectivity index (χ1n) is 7.31. The van der Waals surface area contributed by atoms with Crippen molar-refractivity contribution in [1.29, 1.82) is 0 Å². The topological polar surface area (TPSA) is 42.4 Å². The Balaban J connectivity index is 1.95. The van der Waals surface area contributed by atoms with E-state index >= 15 is 0 Å². The molecule has 1 aliphatic rings. The van der Waals surface area contributed by atoms with E-state index in [4.69, 9.17) is 10.2 Å². The summed E-state index contributed by atoms with van der Waals surface area (Å²) in [5, 5.41) is 0. The molecule has 0 aliphatic carbocycles. The van der Waals surface area contributed by atoms with Crippen LogP contribution in [0.15, 0.2) is 23.0 Å². The molecule has 0 amide bonds. The van der Waals surface area contributed by atoms with Gasteiger partial charge in [0.05, 0.1) is 18.6 Å². The van der Waals surface area contributed by atoms with Crippen LogP contribution in [0, 0.1) is 5.92 Å². The van der Waals surface area contributed by atoms with Gasteiger partial charge in [-0.2, -0.15) is 0 Å². The third-order valence-corrected chi connectivity index (χ3v) is 4.17. The van der Waals surface area contributed by atoms with Gasteiger partial charge in [0.1, 0.15) is 0 Å². The van der Waals surface area contributed by atoms with E-state index in [9.17, 15) is 0 Å². The van der Waals surface area contributed by atoms with Gasteiger partial charge in [0, 0.05) is 12.1 Å². The van der Waals surface area contributed by atoms with Crippen LogP contribution in [-0.2, 0) is 0 Å². The highest BCUT2D eigenvalue weighted by Crippen LogP contribution is 2.27. The summed E-state index contributed by atoms with van der Waals surface area (Å²) >= 11 is 0. The fraction of sp³-hybridized carbons (Fsp3) is 0.733. The van der Waals surface area contributed by atoms with Gasteiger partial charge in [0.15, 0.2) is 0 Å². The average molecular weight is 250 g/mol. The molecule has 18 heavy (non-hydrogen) atoms. The van der Waals surface area contributed by atoms with Gasteiger partial charge in [-0.1, -0.05) is 19.8 Å². The van der Waals surface area contributed by atoms with Gasteiger partial charge < -0.3 is 10.2 Å². The van der Waals surface area contributed by atoms with Crippen molar-refractivity contribution >= 4 is 0 Å². The van der Waals surface area contributed by atoms with Gasteiger partial charge in [0.2, 0.25) is 0 Å². The van der Waals surface area contributed by atoms with Gasteiger partial charge in [0.25, 0.3) is 0 Å². The second-order valence-corrected chi connectivity index (χ2v) is 5.43. The summed E-state index contributed by atoms with van der Waals surface area (Å²) in [6.07, 6.45) is 10.3. The van der Waals surface area contributed by atoms with Crippen molar-refractivity contribution in [2.75, 3.05) is 19.6 Å². The number of nitrogens with two attached hydrogens (primary N) is 1. The Labute approximate surface area is 110 Å². The molecule has 1 aliphatic heterocycles. The minimum atomic E-state index is 0.337. The summed E-state index contributed by atoms with van der Waals surface area (Å²) in [5.74, 6) is 0.919. The molecule has 1 saturated heterocycles. The zero-order valence-electron chi connectivity index (χ0n) is 11.5. The van der Waals surface area contributed by atoms with Crippen LogP contribution < -0.4 is 5.73 Å². The first kappa shape index (κ1) is 13.6. The lowest BCUT2D eigenvalue weighted by molar-refractivity contribution is 0.205. The van der Waals surface area contributed by atoms with Crippen LogP contribution in [0.1, 0.15) is 50.6 Å². The molecule has 2 N–H and O–H groups in total. The molecule has 2 heterocycles. The fourth-order valence-electron chi connectivity index (χ4n) is 3.16. The third-order valence-electron chi connectivity index (χ3n) is 4.17. The summed E-state index contributed by atoms with van der Waals surface area (Å²) in [7, 11) is 0. The molecule has 2 rings (SSSR count). The van der Waals surface area contributed by atoms with E-state index in [0.717, 1.165) is 5.92 Å². The molecule has 0 aromatic carbocycles. The highest BCUT2D eigenvalue weighted by atomic mass is 16.3. The second-order valence-electron chi connectivity index (χ2n) is 5.43. The lowest BCUT2D eigenvalue weighted by atomic mass is 9.96. The van der Waals surface area contributed by atoms with E-state index in [1.807, 2.05) is 12.3 Å². The summed E-state index contributed by atoms with van der Waals surface area (Å²) in [5.41, 5.74) is 7.18. The standard InChI is InChI=1S/C15H26N2O/c1-2-4-13-5-3-8-17(9-6-13)15(11-16)14-7-10-18-12-14/h7,10,12-13,15H,2-6,8-9,11,16H2,1H3. The van der Waals surface area contributed by atoms with Gasteiger partial charge in [-0.05, 0) is 44.3 Å². The maximum Gasteiger partial charge on any atom is 0.0950 e. The molecule has 2 atom stereocenters. The van der Waals surface area contributed by atoms with Crippen molar-refractivity contribution in [2.24, 2.45) is 11.7 Å². The summed E-state index contributed by atoms with van der Waals surface area (Å²) in [6.45, 7) is 5.32. The van der Waals surface area contributed by atoms with Gasteiger partial charge >= 0.3 is 0 Å². The molecule has 2 unspecified atom stereocenters. The Kier molecular flexibility index (Phi) is 5.26. The van der Waals surface area contributed by atoms with Crippen LogP contribution in [0.2, 0.25) is 0 Å². The number of nitrogens with zero attached hydrogens (tertiary/aromatic N) is 1. The first-order chi connectivity index (χ1) is 8.85. The summed E-state index contributed by atoms with van der Waals surface area (Å²) in [6, 6.07) is 2.38. The lowest BCUT2D eigenvalue weighted by Crippen LogP contribution is -2.34. The van der Waals surface area contributed by atoms with Crippen molar-refractivity contribution in [3.05, 3.63) is 24.2 Å². The van der Waals surface area contributed by atoms with Gasteiger partial charge in [-0.3, -0.25) is 4.90 Å². The van der Waals surface area contributed by atoms with E-state index in [1.54, 1.807) is 6.26 Å². The molecule has 3 heteroatoms. The highest BCUT2D eigenvalue weighted by Gasteiger charge is 2.23. The van der Waals surface area contributed by atoms with E-state index < -0.39 is 0 Å². The molecule has 1 aromatic heterocycles. The van der Waals surface area contributed by atoms with Crippen molar-refractivity contribution in [1.82, 2.24) is 4.90 Å². The van der Waals surface area contributed by atoms with Crippen molar-refractivity contribution < 1.29 is 4.42 Å². The second kappa shape index (κ2) is 6.95. The molecule has 1 fully saturated rings. The third kappa shape index (κ3) is 3.36. The predicted octanol–water partition coefficient (Wildman–Crippen LogP) is 3.18. The first-order valence-corrected chi connectivity index (χ1v) is 7.31. The molecule has 0 saturated carbocycles. The molecule has 0 bridgehead atoms. The van der Waals surface area contributed by atoms with Crippen LogP contribution in [0.25, 0.3) is 0 Å². The number of furan rings is 1. The Bertz CT molecular complexity index is 323. The van der Waals surface area contributed by atoms with Crippen LogP contribution in [0.3, 0.4) is 0 Å². The van der Waals surface area contributed by atoms with Gasteiger partial charge in [-0.15, -0.1) is 0 Å². The maximum absolute atomic E-state index is 5.96. The molecule has 102 valence electrons. The van der Waals surface area contributed by atoms with Gasteiger partial charge in [-0.25, -0.2) is 0 Å². The highest BCUT2D eigenvalue weighted by molar-refractivity contribution is 5.12. The van der Waals surface area contributed by atoms with Crippen molar-refractivity contribution in [3.8, 4) is 0 Å². The monoisotopic (exact) mass is 250 g/mol. The van der Waals surface area contributed by atoms with Crippen LogP contribution in [0.5, 0.6) is 0 Å². The number of rotatable bonds is 5. The number of hydrogen-bond acceptors (Lipinski definition) is 3. The maximum atomic E-state index is 5.96. The van der Waals surface area contributed by atoms with E-state index in [0.29, 0.717) is 12.6 Å². The number of likely N-dealkylation sites (tertiary alicyclic amines) is 1. The predicted molar refractivity (Wildman–Crippen MR) is 74.3 cm³/mol. The van der Waals surface area contributed by atoms with Crippen LogP contribution in [0.4, 0.5) is 0 Å². The Morgan fingerprint density at radius 3 is 3.00 bits per heavy atom. The Hall–Kier alpha value is -0.800. The van der Waals surface area contributed by atoms with Crippen LogP contribution >= 0.6 is 0 Å². The SMILES string of the molecule is CCCC1CCCN(C(CN)c2ccoc2)CC1. The molecular formula is C15H26N2O. The largest absolute Gasteiger partial charge is 0.472 e. The molecular weight excluding hydrogens is 224 g/mol. The molecule has 1 aromatic rings. The van der Waals surface area contributed by atoms with Crippen molar-refractivity contribution in [3.63, 3.8) is 0 Å². The van der Waals surface area contributed by atoms with E-state index in [1.165, 1.54) is 50.8 Å². The smallest absolute Gasteiger partial charge is 0.0950 e. The zero-order valence-corrected chi connectivity index (χ0v) is 11.5. The van der Waals surface area contributed by atoms with Crippen LogP contribution in [-0.4, -0.2) is 24.5 Å². The molecule has 0 radical (unpaired) electrons. The minimum absolute atomic E-state index is 0.337. The van der Waals surface area contributed by atoms with E-state index in [2.05, 4.69) is 11.8 Å². The number of hydrogen-bond donors (Lipinski definition) is 1. The quantitative estimate of drug-likeness (QED) is 0.872. The minimum Gasteiger partial charge on any atom is -0.472 e. The normalized spacial score (nSPS) is 23.8. The van der Waals surface area contributed by atoms with E-state index in [-0.39, 0.29) is 0 Å². The van der Waals surface area contributed by atoms with Crippen molar-refractivity contribution in [2.45, 2.75) is 45.1 Å².